The zero-order chi connectivity index (χ0) is 12.4. The van der Waals surface area contributed by atoms with Crippen LogP contribution < -0.4 is 10.6 Å². The number of carbonyl (C=O) groups is 2. The summed E-state index contributed by atoms with van der Waals surface area (Å²) in [6, 6.07) is 5.44. The Morgan fingerprint density at radius 3 is 2.53 bits per heavy atom. The first-order valence-electron chi connectivity index (χ1n) is 5.75. The molecule has 1 aliphatic carbocycles. The monoisotopic (exact) mass is 232 g/mol. The number of rotatable bonds is 3. The minimum Gasteiger partial charge on any atom is -0.355 e. The Morgan fingerprint density at radius 1 is 1.29 bits per heavy atom. The van der Waals surface area contributed by atoms with Crippen molar-refractivity contribution in [3.63, 3.8) is 0 Å². The summed E-state index contributed by atoms with van der Waals surface area (Å²) in [7, 11) is 1.63. The van der Waals surface area contributed by atoms with Crippen molar-refractivity contribution < 1.29 is 9.59 Å². The van der Waals surface area contributed by atoms with E-state index < -0.39 is 0 Å². The highest BCUT2D eigenvalue weighted by atomic mass is 16.2. The van der Waals surface area contributed by atoms with Gasteiger partial charge in [0.05, 0.1) is 0 Å². The van der Waals surface area contributed by atoms with Gasteiger partial charge in [-0.15, -0.1) is 0 Å². The van der Waals surface area contributed by atoms with Gasteiger partial charge in [0, 0.05) is 25.2 Å². The molecule has 0 spiro atoms. The number of amides is 2. The largest absolute Gasteiger partial charge is 0.355 e. The van der Waals surface area contributed by atoms with E-state index in [0.29, 0.717) is 11.5 Å². The number of nitrogens with one attached hydrogen (secondary N) is 2. The third kappa shape index (κ3) is 2.64. The number of carbonyl (C=O) groups excluding carboxylic acids is 2. The first kappa shape index (κ1) is 11.6. The van der Waals surface area contributed by atoms with E-state index in [9.17, 15) is 9.59 Å². The average molecular weight is 232 g/mol. The fourth-order valence-electron chi connectivity index (χ4n) is 1.92. The van der Waals surface area contributed by atoms with Crippen molar-refractivity contribution in [2.24, 2.45) is 0 Å². The second-order valence-corrected chi connectivity index (χ2v) is 4.34. The van der Waals surface area contributed by atoms with Gasteiger partial charge in [-0.25, -0.2) is 0 Å². The lowest BCUT2D eigenvalue weighted by molar-refractivity contribution is -0.114. The summed E-state index contributed by atoms with van der Waals surface area (Å²) >= 11 is 0. The van der Waals surface area contributed by atoms with E-state index in [4.69, 9.17) is 0 Å². The molecule has 0 atom stereocenters. The van der Waals surface area contributed by atoms with E-state index in [1.807, 2.05) is 6.07 Å². The van der Waals surface area contributed by atoms with Crippen LogP contribution in [0.2, 0.25) is 0 Å². The zero-order valence-corrected chi connectivity index (χ0v) is 10.0. The van der Waals surface area contributed by atoms with Crippen LogP contribution in [0.5, 0.6) is 0 Å². The Labute approximate surface area is 100 Å². The van der Waals surface area contributed by atoms with Gasteiger partial charge in [-0.1, -0.05) is 0 Å². The molecule has 4 heteroatoms. The van der Waals surface area contributed by atoms with E-state index in [1.165, 1.54) is 6.92 Å². The van der Waals surface area contributed by atoms with Gasteiger partial charge in [0.2, 0.25) is 5.91 Å². The van der Waals surface area contributed by atoms with E-state index in [2.05, 4.69) is 10.6 Å². The Morgan fingerprint density at radius 2 is 2.00 bits per heavy atom. The van der Waals surface area contributed by atoms with Gasteiger partial charge >= 0.3 is 0 Å². The highest BCUT2D eigenvalue weighted by molar-refractivity contribution is 5.97. The summed E-state index contributed by atoms with van der Waals surface area (Å²) in [6.45, 7) is 1.48. The predicted octanol–water partition coefficient (Wildman–Crippen LogP) is 1.88. The molecule has 1 saturated carbocycles. The SMILES string of the molecule is CNC(=O)c1ccc(NC(C)=O)cc1C1CC1. The van der Waals surface area contributed by atoms with Crippen LogP contribution in [0.15, 0.2) is 18.2 Å². The van der Waals surface area contributed by atoms with E-state index in [0.717, 1.165) is 24.1 Å². The number of benzene rings is 1. The Hall–Kier alpha value is -1.84. The molecule has 0 saturated heterocycles. The summed E-state index contributed by atoms with van der Waals surface area (Å²) in [5, 5.41) is 5.38. The molecule has 4 nitrogen and oxygen atoms in total. The van der Waals surface area contributed by atoms with Crippen LogP contribution in [0.3, 0.4) is 0 Å². The first-order chi connectivity index (χ1) is 8.11. The van der Waals surface area contributed by atoms with E-state index >= 15 is 0 Å². The van der Waals surface area contributed by atoms with Crippen molar-refractivity contribution in [3.05, 3.63) is 29.3 Å². The molecule has 90 valence electrons. The summed E-state index contributed by atoms with van der Waals surface area (Å²) in [6.07, 6.45) is 2.24. The van der Waals surface area contributed by atoms with Crippen LogP contribution in [0.4, 0.5) is 5.69 Å². The molecule has 0 radical (unpaired) electrons. The van der Waals surface area contributed by atoms with Crippen LogP contribution in [0.25, 0.3) is 0 Å². The van der Waals surface area contributed by atoms with Crippen LogP contribution in [-0.2, 0) is 4.79 Å². The summed E-state index contributed by atoms with van der Waals surface area (Å²) in [5.41, 5.74) is 2.51. The average Bonchev–Trinajstić information content (AvgIpc) is 3.11. The van der Waals surface area contributed by atoms with Gasteiger partial charge in [-0.2, -0.15) is 0 Å². The van der Waals surface area contributed by atoms with Crippen LogP contribution in [0.1, 0.15) is 41.6 Å². The maximum absolute atomic E-state index is 11.7. The van der Waals surface area contributed by atoms with Crippen LogP contribution in [-0.4, -0.2) is 18.9 Å². The van der Waals surface area contributed by atoms with Gasteiger partial charge in [0.1, 0.15) is 0 Å². The van der Waals surface area contributed by atoms with Gasteiger partial charge in [-0.05, 0) is 42.5 Å². The lowest BCUT2D eigenvalue weighted by Gasteiger charge is -2.10. The Balaban J connectivity index is 2.34. The summed E-state index contributed by atoms with van der Waals surface area (Å²) < 4.78 is 0. The molecule has 17 heavy (non-hydrogen) atoms. The molecule has 1 aliphatic rings. The van der Waals surface area contributed by atoms with Crippen molar-refractivity contribution >= 4 is 17.5 Å². The molecule has 1 aromatic carbocycles. The fourth-order valence-corrected chi connectivity index (χ4v) is 1.92. The first-order valence-corrected chi connectivity index (χ1v) is 5.75. The summed E-state index contributed by atoms with van der Waals surface area (Å²) in [4.78, 5) is 22.7. The van der Waals surface area contributed by atoms with E-state index in [-0.39, 0.29) is 11.8 Å². The molecule has 0 aliphatic heterocycles. The second-order valence-electron chi connectivity index (χ2n) is 4.34. The molecule has 0 unspecified atom stereocenters. The zero-order valence-electron chi connectivity index (χ0n) is 10.0. The standard InChI is InChI=1S/C13H16N2O2/c1-8(16)15-10-5-6-11(13(17)14-2)12(7-10)9-3-4-9/h5-7,9H,3-4H2,1-2H3,(H,14,17)(H,15,16). The molecule has 1 fully saturated rings. The lowest BCUT2D eigenvalue weighted by Crippen LogP contribution is -2.19. The molecule has 0 bridgehead atoms. The van der Waals surface area contributed by atoms with Gasteiger partial charge < -0.3 is 10.6 Å². The van der Waals surface area contributed by atoms with Gasteiger partial charge in [-0.3, -0.25) is 9.59 Å². The molecule has 2 N–H and O–H groups in total. The van der Waals surface area contributed by atoms with Crippen molar-refractivity contribution in [3.8, 4) is 0 Å². The Bertz CT molecular complexity index is 464. The number of anilines is 1. The highest BCUT2D eigenvalue weighted by Gasteiger charge is 2.28. The molecule has 1 aromatic rings. The number of hydrogen-bond acceptors (Lipinski definition) is 2. The smallest absolute Gasteiger partial charge is 0.251 e. The van der Waals surface area contributed by atoms with Crippen LogP contribution >= 0.6 is 0 Å². The van der Waals surface area contributed by atoms with E-state index in [1.54, 1.807) is 19.2 Å². The van der Waals surface area contributed by atoms with Crippen LogP contribution in [0, 0.1) is 0 Å². The fraction of sp³-hybridized carbons (Fsp3) is 0.385. The van der Waals surface area contributed by atoms with Crippen molar-refractivity contribution in [2.75, 3.05) is 12.4 Å². The molecule has 0 aromatic heterocycles. The van der Waals surface area contributed by atoms with Crippen molar-refractivity contribution in [1.82, 2.24) is 5.32 Å². The Kier molecular flexibility index (Phi) is 3.13. The predicted molar refractivity (Wildman–Crippen MR) is 66.1 cm³/mol. The highest BCUT2D eigenvalue weighted by Crippen LogP contribution is 2.42. The normalized spacial score (nSPS) is 14.2. The molecular formula is C13H16N2O2. The second kappa shape index (κ2) is 4.57. The third-order valence-corrected chi connectivity index (χ3v) is 2.86. The minimum atomic E-state index is -0.0977. The van der Waals surface area contributed by atoms with Gasteiger partial charge in [0.25, 0.3) is 5.91 Å². The summed E-state index contributed by atoms with van der Waals surface area (Å²) in [5.74, 6) is 0.303. The maximum Gasteiger partial charge on any atom is 0.251 e. The quantitative estimate of drug-likeness (QED) is 0.836. The molecule has 0 heterocycles. The molecular weight excluding hydrogens is 216 g/mol. The van der Waals surface area contributed by atoms with Crippen molar-refractivity contribution in [2.45, 2.75) is 25.7 Å². The number of hydrogen-bond donors (Lipinski definition) is 2. The minimum absolute atomic E-state index is 0.0683. The molecule has 2 rings (SSSR count). The lowest BCUT2D eigenvalue weighted by atomic mass is 10.0. The topological polar surface area (TPSA) is 58.2 Å². The van der Waals surface area contributed by atoms with Crippen molar-refractivity contribution in [1.29, 1.82) is 0 Å². The molecule has 2 amide bonds. The van der Waals surface area contributed by atoms with Gasteiger partial charge in [0.15, 0.2) is 0 Å². The third-order valence-electron chi connectivity index (χ3n) is 2.86. The maximum atomic E-state index is 11.7.